The lowest BCUT2D eigenvalue weighted by atomic mass is 9.60. The molecule has 0 bridgehead atoms. The van der Waals surface area contributed by atoms with Gasteiger partial charge in [0, 0.05) is 26.7 Å². The highest BCUT2D eigenvalue weighted by atomic mass is 79.9. The van der Waals surface area contributed by atoms with Crippen LogP contribution in [0, 0.1) is 11.2 Å². The Kier molecular flexibility index (Phi) is 5.06. The van der Waals surface area contributed by atoms with Crippen LogP contribution in [0.4, 0.5) is 4.39 Å². The van der Waals surface area contributed by atoms with Gasteiger partial charge in [-0.25, -0.2) is 4.39 Å². The average Bonchev–Trinajstić information content (AvgIpc) is 3.48. The number of ketones is 4. The highest BCUT2D eigenvalue weighted by Gasteiger charge is 2.79. The van der Waals surface area contributed by atoms with E-state index in [2.05, 4.69) is 15.9 Å². The molecule has 3 aliphatic rings. The van der Waals surface area contributed by atoms with Crippen molar-refractivity contribution in [2.45, 2.75) is 17.6 Å². The lowest BCUT2D eigenvalue weighted by molar-refractivity contribution is -0.0210. The molecule has 5 nitrogen and oxygen atoms in total. The van der Waals surface area contributed by atoms with Crippen LogP contribution in [0.3, 0.4) is 0 Å². The standard InChI is InChI=1S/C32H18BrFO5/c33-19-13-9-18(10-14-19)30-31(26(35)21-5-1-2-6-22(21)27(31)36)25(17-11-15-20(34)16-12-17)32(39-30)28(37)23-7-3-4-8-24(23)29(32)38/h1-16,25,30H/t25-,30-/m1/s1. The molecule has 0 amide bonds. The van der Waals surface area contributed by atoms with Gasteiger partial charge in [-0.15, -0.1) is 0 Å². The molecule has 0 N–H and O–H groups in total. The number of carbonyl (C=O) groups excluding carboxylic acids is 4. The molecule has 7 heteroatoms. The predicted octanol–water partition coefficient (Wildman–Crippen LogP) is 6.33. The number of rotatable bonds is 2. The van der Waals surface area contributed by atoms with E-state index in [1.807, 2.05) is 0 Å². The predicted molar refractivity (Wildman–Crippen MR) is 142 cm³/mol. The molecule has 1 saturated heterocycles. The second-order valence-corrected chi connectivity index (χ2v) is 11.0. The van der Waals surface area contributed by atoms with Crippen molar-refractivity contribution in [2.75, 3.05) is 0 Å². The summed E-state index contributed by atoms with van der Waals surface area (Å²) >= 11 is 3.41. The minimum Gasteiger partial charge on any atom is -0.348 e. The molecule has 190 valence electrons. The monoisotopic (exact) mass is 580 g/mol. The first-order valence-corrected chi connectivity index (χ1v) is 13.2. The first-order chi connectivity index (χ1) is 18.8. The molecule has 0 unspecified atom stereocenters. The number of Topliss-reactive ketones (excluding diaryl/α,β-unsaturated/α-hetero) is 4. The fourth-order valence-electron chi connectivity index (χ4n) is 6.62. The second-order valence-electron chi connectivity index (χ2n) is 10.0. The molecule has 2 atom stereocenters. The SMILES string of the molecule is O=C1c2ccccc2C(=O)C12O[C@H](c1ccc(Br)cc1)C1(C(=O)c3ccccc3C1=O)[C@H]2c1ccc(F)cc1. The Labute approximate surface area is 230 Å². The summed E-state index contributed by atoms with van der Waals surface area (Å²) in [6.45, 7) is 0. The minimum absolute atomic E-state index is 0.164. The third-order valence-corrected chi connectivity index (χ3v) is 8.74. The largest absolute Gasteiger partial charge is 0.348 e. The summed E-state index contributed by atoms with van der Waals surface area (Å²) in [5, 5.41) is 0. The van der Waals surface area contributed by atoms with Crippen LogP contribution in [0.2, 0.25) is 0 Å². The van der Waals surface area contributed by atoms with Crippen molar-refractivity contribution >= 4 is 39.1 Å². The van der Waals surface area contributed by atoms with E-state index in [4.69, 9.17) is 4.74 Å². The Morgan fingerprint density at radius 3 is 1.51 bits per heavy atom. The van der Waals surface area contributed by atoms with Crippen LogP contribution in [0.25, 0.3) is 0 Å². The van der Waals surface area contributed by atoms with Crippen molar-refractivity contribution < 1.29 is 28.3 Å². The molecule has 0 aromatic heterocycles. The molecule has 7 rings (SSSR count). The van der Waals surface area contributed by atoms with Crippen LogP contribution in [0.1, 0.15) is 64.6 Å². The molecular weight excluding hydrogens is 563 g/mol. The summed E-state index contributed by atoms with van der Waals surface area (Å²) in [4.78, 5) is 57.7. The van der Waals surface area contributed by atoms with E-state index in [1.54, 1.807) is 72.8 Å². The smallest absolute Gasteiger partial charge is 0.204 e. The van der Waals surface area contributed by atoms with Crippen molar-refractivity contribution in [1.82, 2.24) is 0 Å². The summed E-state index contributed by atoms with van der Waals surface area (Å²) in [6, 6.07) is 25.0. The van der Waals surface area contributed by atoms with Gasteiger partial charge in [0.2, 0.25) is 17.2 Å². The normalized spacial score (nSPS) is 22.1. The summed E-state index contributed by atoms with van der Waals surface area (Å²) in [6.07, 6.45) is -1.27. The maximum absolute atomic E-state index is 14.6. The highest BCUT2D eigenvalue weighted by Crippen LogP contribution is 2.67. The molecule has 39 heavy (non-hydrogen) atoms. The summed E-state index contributed by atoms with van der Waals surface area (Å²) < 4.78 is 21.5. The fraction of sp³-hybridized carbons (Fsp3) is 0.125. The van der Waals surface area contributed by atoms with Crippen molar-refractivity contribution in [3.8, 4) is 0 Å². The third-order valence-electron chi connectivity index (χ3n) is 8.21. The van der Waals surface area contributed by atoms with Crippen LogP contribution >= 0.6 is 15.9 Å². The molecule has 2 aliphatic carbocycles. The number of benzene rings is 4. The van der Waals surface area contributed by atoms with Crippen LogP contribution in [0.5, 0.6) is 0 Å². The molecule has 2 spiro atoms. The molecule has 1 aliphatic heterocycles. The lowest BCUT2D eigenvalue weighted by Crippen LogP contribution is -2.51. The molecular formula is C32H18BrFO5. The van der Waals surface area contributed by atoms with Gasteiger partial charge in [-0.3, -0.25) is 19.2 Å². The van der Waals surface area contributed by atoms with Gasteiger partial charge in [-0.05, 0) is 35.4 Å². The van der Waals surface area contributed by atoms with Crippen molar-refractivity contribution in [2.24, 2.45) is 5.41 Å². The number of hydrogen-bond acceptors (Lipinski definition) is 5. The van der Waals surface area contributed by atoms with Gasteiger partial charge in [0.15, 0.2) is 11.6 Å². The number of fused-ring (bicyclic) bond motifs is 2. The second kappa shape index (κ2) is 8.21. The van der Waals surface area contributed by atoms with E-state index in [-0.39, 0.29) is 22.3 Å². The highest BCUT2D eigenvalue weighted by molar-refractivity contribution is 9.10. The molecule has 0 radical (unpaired) electrons. The van der Waals surface area contributed by atoms with Gasteiger partial charge < -0.3 is 4.74 Å². The zero-order valence-electron chi connectivity index (χ0n) is 20.2. The molecule has 1 fully saturated rings. The lowest BCUT2D eigenvalue weighted by Gasteiger charge is -2.34. The molecule has 1 heterocycles. The van der Waals surface area contributed by atoms with Crippen molar-refractivity contribution in [1.29, 1.82) is 0 Å². The maximum atomic E-state index is 14.6. The summed E-state index contributed by atoms with van der Waals surface area (Å²) in [7, 11) is 0. The van der Waals surface area contributed by atoms with E-state index < -0.39 is 52.0 Å². The Morgan fingerprint density at radius 1 is 0.590 bits per heavy atom. The quantitative estimate of drug-likeness (QED) is 0.259. The Hall–Kier alpha value is -4.07. The minimum atomic E-state index is -2.20. The Balaban J connectivity index is 1.59. The number of carbonyl (C=O) groups is 4. The van der Waals surface area contributed by atoms with Crippen molar-refractivity contribution in [3.63, 3.8) is 0 Å². The van der Waals surface area contributed by atoms with E-state index in [9.17, 15) is 23.6 Å². The summed E-state index contributed by atoms with van der Waals surface area (Å²) in [5.74, 6) is -4.18. The third kappa shape index (κ3) is 2.92. The van der Waals surface area contributed by atoms with Gasteiger partial charge in [-0.1, -0.05) is 88.7 Å². The fourth-order valence-corrected chi connectivity index (χ4v) is 6.88. The summed E-state index contributed by atoms with van der Waals surface area (Å²) in [5.41, 5.74) is -2.70. The van der Waals surface area contributed by atoms with Gasteiger partial charge >= 0.3 is 0 Å². The first kappa shape index (κ1) is 24.0. The Bertz CT molecular complexity index is 1670. The maximum Gasteiger partial charge on any atom is 0.204 e. The zero-order chi connectivity index (χ0) is 27.1. The number of hydrogen-bond donors (Lipinski definition) is 0. The average molecular weight is 581 g/mol. The van der Waals surface area contributed by atoms with Crippen LogP contribution in [-0.4, -0.2) is 28.7 Å². The van der Waals surface area contributed by atoms with Crippen molar-refractivity contribution in [3.05, 3.63) is 141 Å². The first-order valence-electron chi connectivity index (χ1n) is 12.4. The Morgan fingerprint density at radius 2 is 1.03 bits per heavy atom. The van der Waals surface area contributed by atoms with Gasteiger partial charge in [0.05, 0.1) is 5.92 Å². The van der Waals surface area contributed by atoms with E-state index >= 15 is 0 Å². The molecule has 0 saturated carbocycles. The van der Waals surface area contributed by atoms with E-state index in [0.717, 1.165) is 4.47 Å². The zero-order valence-corrected chi connectivity index (χ0v) is 21.8. The van der Waals surface area contributed by atoms with Gasteiger partial charge in [-0.2, -0.15) is 0 Å². The topological polar surface area (TPSA) is 77.5 Å². The van der Waals surface area contributed by atoms with E-state index in [1.165, 1.54) is 24.3 Å². The van der Waals surface area contributed by atoms with Crippen LogP contribution < -0.4 is 0 Å². The van der Waals surface area contributed by atoms with Crippen LogP contribution in [-0.2, 0) is 4.74 Å². The molecule has 4 aromatic carbocycles. The van der Waals surface area contributed by atoms with Crippen LogP contribution in [0.15, 0.2) is 102 Å². The number of halogens is 2. The van der Waals surface area contributed by atoms with Gasteiger partial charge in [0.1, 0.15) is 17.3 Å². The number of ether oxygens (including phenoxy) is 1. The van der Waals surface area contributed by atoms with E-state index in [0.29, 0.717) is 11.1 Å². The molecule has 4 aromatic rings. The van der Waals surface area contributed by atoms with Gasteiger partial charge in [0.25, 0.3) is 0 Å².